The molecule has 1 aromatic rings. The van der Waals surface area contributed by atoms with E-state index in [1.807, 2.05) is 24.3 Å². The van der Waals surface area contributed by atoms with Crippen molar-refractivity contribution < 1.29 is 14.7 Å². The van der Waals surface area contributed by atoms with Crippen molar-refractivity contribution in [3.63, 3.8) is 0 Å². The Morgan fingerprint density at radius 2 is 2.00 bits per heavy atom. The van der Waals surface area contributed by atoms with E-state index < -0.39 is 11.9 Å². The molecule has 1 aliphatic rings. The highest BCUT2D eigenvalue weighted by molar-refractivity contribution is 9.10. The van der Waals surface area contributed by atoms with E-state index >= 15 is 0 Å². The Morgan fingerprint density at radius 1 is 1.35 bits per heavy atom. The molecule has 2 unspecified atom stereocenters. The average molecular weight is 340 g/mol. The zero-order chi connectivity index (χ0) is 14.9. The number of hydrogen-bond donors (Lipinski definition) is 2. The maximum atomic E-state index is 11.9. The lowest BCUT2D eigenvalue weighted by atomic mass is 9.84. The number of nitrogens with one attached hydrogen (secondary N) is 1. The Hall–Kier alpha value is -1.36. The third-order valence-electron chi connectivity index (χ3n) is 3.75. The summed E-state index contributed by atoms with van der Waals surface area (Å²) in [5.41, 5.74) is 0.898. The number of rotatable bonds is 5. The molecule has 1 saturated carbocycles. The van der Waals surface area contributed by atoms with E-state index in [4.69, 9.17) is 5.11 Å². The average Bonchev–Trinajstić information content (AvgIpc) is 3.16. The fourth-order valence-electron chi connectivity index (χ4n) is 2.30. The van der Waals surface area contributed by atoms with Crippen LogP contribution in [0, 0.1) is 11.8 Å². The monoisotopic (exact) mass is 339 g/mol. The lowest BCUT2D eigenvalue weighted by Crippen LogP contribution is -2.38. The van der Waals surface area contributed by atoms with E-state index in [-0.39, 0.29) is 17.2 Å². The standard InChI is InChI=1S/C15H18BrNO3/c1-15(2,11-5-3-4-6-12(11)16)8-17-13(18)9-7-10(9)14(19)20/h3-6,9-10H,7-8H2,1-2H3,(H,17,18)(H,19,20). The van der Waals surface area contributed by atoms with Crippen LogP contribution in [0.2, 0.25) is 0 Å². The minimum atomic E-state index is -0.879. The van der Waals surface area contributed by atoms with Gasteiger partial charge in [-0.3, -0.25) is 9.59 Å². The molecule has 0 radical (unpaired) electrons. The van der Waals surface area contributed by atoms with Crippen LogP contribution in [0.4, 0.5) is 0 Å². The van der Waals surface area contributed by atoms with Gasteiger partial charge in [0.2, 0.25) is 5.91 Å². The van der Waals surface area contributed by atoms with Crippen molar-refractivity contribution in [3.05, 3.63) is 34.3 Å². The fourth-order valence-corrected chi connectivity index (χ4v) is 3.12. The Morgan fingerprint density at radius 3 is 2.55 bits per heavy atom. The van der Waals surface area contributed by atoms with E-state index in [9.17, 15) is 9.59 Å². The third-order valence-corrected chi connectivity index (χ3v) is 4.44. The molecular weight excluding hydrogens is 322 g/mol. The molecular formula is C15H18BrNO3. The molecule has 2 rings (SSSR count). The van der Waals surface area contributed by atoms with E-state index in [1.54, 1.807) is 0 Å². The second-order valence-corrected chi connectivity index (χ2v) is 6.72. The summed E-state index contributed by atoms with van der Waals surface area (Å²) in [6, 6.07) is 7.91. The summed E-state index contributed by atoms with van der Waals surface area (Å²) in [5, 5.41) is 11.7. The number of carbonyl (C=O) groups excluding carboxylic acids is 1. The summed E-state index contributed by atoms with van der Waals surface area (Å²) < 4.78 is 1.01. The summed E-state index contributed by atoms with van der Waals surface area (Å²) in [7, 11) is 0. The van der Waals surface area contributed by atoms with E-state index in [0.717, 1.165) is 10.0 Å². The van der Waals surface area contributed by atoms with Gasteiger partial charge in [-0.05, 0) is 18.1 Å². The van der Waals surface area contributed by atoms with Crippen LogP contribution in [-0.4, -0.2) is 23.5 Å². The van der Waals surface area contributed by atoms with Crippen LogP contribution >= 0.6 is 15.9 Å². The summed E-state index contributed by atoms with van der Waals surface area (Å²) in [6.07, 6.45) is 0.455. The van der Waals surface area contributed by atoms with Crippen molar-refractivity contribution in [2.24, 2.45) is 11.8 Å². The maximum absolute atomic E-state index is 11.9. The zero-order valence-electron chi connectivity index (χ0n) is 11.5. The van der Waals surface area contributed by atoms with Crippen LogP contribution in [0.15, 0.2) is 28.7 Å². The van der Waals surface area contributed by atoms with Gasteiger partial charge in [-0.2, -0.15) is 0 Å². The largest absolute Gasteiger partial charge is 0.481 e. The molecule has 1 aliphatic carbocycles. The van der Waals surface area contributed by atoms with Gasteiger partial charge in [0, 0.05) is 16.4 Å². The first-order valence-corrected chi connectivity index (χ1v) is 7.38. The molecule has 0 bridgehead atoms. The first-order chi connectivity index (χ1) is 9.33. The minimum Gasteiger partial charge on any atom is -0.481 e. The van der Waals surface area contributed by atoms with Gasteiger partial charge in [-0.15, -0.1) is 0 Å². The Bertz CT molecular complexity index is 542. The van der Waals surface area contributed by atoms with Gasteiger partial charge in [-0.25, -0.2) is 0 Å². The Balaban J connectivity index is 1.95. The topological polar surface area (TPSA) is 66.4 Å². The van der Waals surface area contributed by atoms with E-state index in [2.05, 4.69) is 35.1 Å². The highest BCUT2D eigenvalue weighted by Gasteiger charge is 2.48. The molecule has 0 aliphatic heterocycles. The first-order valence-electron chi connectivity index (χ1n) is 6.58. The highest BCUT2D eigenvalue weighted by Crippen LogP contribution is 2.39. The number of carboxylic acid groups (broad SMARTS) is 1. The van der Waals surface area contributed by atoms with Crippen molar-refractivity contribution >= 4 is 27.8 Å². The predicted molar refractivity (Wildman–Crippen MR) is 79.4 cm³/mol. The van der Waals surface area contributed by atoms with Crippen LogP contribution in [0.5, 0.6) is 0 Å². The summed E-state index contributed by atoms with van der Waals surface area (Å²) >= 11 is 3.52. The number of carboxylic acids is 1. The van der Waals surface area contributed by atoms with E-state index in [1.165, 1.54) is 0 Å². The second-order valence-electron chi connectivity index (χ2n) is 5.87. The van der Waals surface area contributed by atoms with Crippen LogP contribution < -0.4 is 5.32 Å². The van der Waals surface area contributed by atoms with E-state index in [0.29, 0.717) is 13.0 Å². The van der Waals surface area contributed by atoms with Gasteiger partial charge in [0.05, 0.1) is 11.8 Å². The van der Waals surface area contributed by atoms with Gasteiger partial charge >= 0.3 is 5.97 Å². The second kappa shape index (κ2) is 5.56. The van der Waals surface area contributed by atoms with Crippen LogP contribution in [0.1, 0.15) is 25.8 Å². The fraction of sp³-hybridized carbons (Fsp3) is 0.467. The van der Waals surface area contributed by atoms with Crippen LogP contribution in [0.25, 0.3) is 0 Å². The van der Waals surface area contributed by atoms with Gasteiger partial charge in [0.1, 0.15) is 0 Å². The van der Waals surface area contributed by atoms with Crippen molar-refractivity contribution in [3.8, 4) is 0 Å². The molecule has 5 heteroatoms. The maximum Gasteiger partial charge on any atom is 0.307 e. The zero-order valence-corrected chi connectivity index (χ0v) is 13.1. The van der Waals surface area contributed by atoms with Gasteiger partial charge in [-0.1, -0.05) is 48.0 Å². The highest BCUT2D eigenvalue weighted by atomic mass is 79.9. The summed E-state index contributed by atoms with van der Waals surface area (Å²) in [6.45, 7) is 4.58. The van der Waals surface area contributed by atoms with Crippen LogP contribution in [0.3, 0.4) is 0 Å². The lowest BCUT2D eigenvalue weighted by Gasteiger charge is -2.27. The number of carbonyl (C=O) groups is 2. The normalized spacial score (nSPS) is 21.4. The third kappa shape index (κ3) is 3.20. The van der Waals surface area contributed by atoms with Gasteiger partial charge in [0.15, 0.2) is 0 Å². The SMILES string of the molecule is CC(C)(CNC(=O)C1CC1C(=O)O)c1ccccc1Br. The molecule has 2 atom stereocenters. The number of halogens is 1. The minimum absolute atomic E-state index is 0.155. The molecule has 0 spiro atoms. The molecule has 108 valence electrons. The Kier molecular flexibility index (Phi) is 4.18. The number of amides is 1. The molecule has 1 aromatic carbocycles. The molecule has 0 aromatic heterocycles. The summed E-state index contributed by atoms with van der Waals surface area (Å²) in [5.74, 6) is -1.89. The first kappa shape index (κ1) is 15.0. The predicted octanol–water partition coefficient (Wildman–Crippen LogP) is 2.56. The van der Waals surface area contributed by atoms with Crippen LogP contribution in [-0.2, 0) is 15.0 Å². The molecule has 20 heavy (non-hydrogen) atoms. The molecule has 0 saturated heterocycles. The molecule has 1 amide bonds. The Labute approximate surface area is 126 Å². The number of benzene rings is 1. The van der Waals surface area contributed by atoms with Crippen molar-refractivity contribution in [2.75, 3.05) is 6.54 Å². The van der Waals surface area contributed by atoms with Crippen molar-refractivity contribution in [2.45, 2.75) is 25.7 Å². The molecule has 0 heterocycles. The number of aliphatic carboxylic acids is 1. The number of hydrogen-bond acceptors (Lipinski definition) is 2. The van der Waals surface area contributed by atoms with Gasteiger partial charge in [0.25, 0.3) is 0 Å². The molecule has 2 N–H and O–H groups in total. The summed E-state index contributed by atoms with van der Waals surface area (Å²) in [4.78, 5) is 22.7. The quantitative estimate of drug-likeness (QED) is 0.866. The molecule has 4 nitrogen and oxygen atoms in total. The van der Waals surface area contributed by atoms with Gasteiger partial charge < -0.3 is 10.4 Å². The molecule has 1 fully saturated rings. The lowest BCUT2D eigenvalue weighted by molar-refractivity contribution is -0.140. The van der Waals surface area contributed by atoms with Crippen molar-refractivity contribution in [1.29, 1.82) is 0 Å². The smallest absolute Gasteiger partial charge is 0.307 e. The van der Waals surface area contributed by atoms with Crippen molar-refractivity contribution in [1.82, 2.24) is 5.32 Å².